The van der Waals surface area contributed by atoms with E-state index >= 15 is 0 Å². The third-order valence-electron chi connectivity index (χ3n) is 1.91. The van der Waals surface area contributed by atoms with Crippen molar-refractivity contribution in [2.45, 2.75) is 0 Å². The second kappa shape index (κ2) is 4.27. The van der Waals surface area contributed by atoms with Crippen LogP contribution in [0.5, 0.6) is 5.88 Å². The number of H-pyrrole nitrogens is 1. The molecule has 82 valence electrons. The van der Waals surface area contributed by atoms with Gasteiger partial charge in [0.05, 0.1) is 6.07 Å². The molecular weight excluding hydrogens is 295 g/mol. The van der Waals surface area contributed by atoms with Crippen LogP contribution in [-0.2, 0) is 0 Å². The van der Waals surface area contributed by atoms with Gasteiger partial charge in [-0.3, -0.25) is 4.79 Å². The molecule has 0 bridgehead atoms. The molecule has 0 atom stereocenters. The predicted octanol–water partition coefficient (Wildman–Crippen LogP) is 2.56. The SMILES string of the molecule is O=c1cc(O)nc(-c2ccc(Cl)cc2Br)[nH]1. The van der Waals surface area contributed by atoms with Crippen LogP contribution in [0.3, 0.4) is 0 Å². The van der Waals surface area contributed by atoms with Gasteiger partial charge in [0.15, 0.2) is 0 Å². The lowest BCUT2D eigenvalue weighted by atomic mass is 10.2. The molecule has 6 heteroatoms. The predicted molar refractivity (Wildman–Crippen MR) is 64.7 cm³/mol. The van der Waals surface area contributed by atoms with Crippen LogP contribution in [0, 0.1) is 0 Å². The van der Waals surface area contributed by atoms with Gasteiger partial charge in [0.2, 0.25) is 5.88 Å². The molecule has 2 aromatic rings. The molecule has 4 nitrogen and oxygen atoms in total. The molecule has 0 saturated heterocycles. The Bertz CT molecular complexity index is 598. The molecule has 2 N–H and O–H groups in total. The summed E-state index contributed by atoms with van der Waals surface area (Å²) in [7, 11) is 0. The topological polar surface area (TPSA) is 66.0 Å². The summed E-state index contributed by atoms with van der Waals surface area (Å²) >= 11 is 9.10. The number of hydrogen-bond acceptors (Lipinski definition) is 3. The zero-order valence-electron chi connectivity index (χ0n) is 7.87. The van der Waals surface area contributed by atoms with E-state index in [2.05, 4.69) is 25.9 Å². The van der Waals surface area contributed by atoms with Crippen LogP contribution in [0.1, 0.15) is 0 Å². The van der Waals surface area contributed by atoms with Crippen molar-refractivity contribution >= 4 is 27.5 Å². The van der Waals surface area contributed by atoms with E-state index < -0.39 is 5.56 Å². The molecule has 0 unspecified atom stereocenters. The van der Waals surface area contributed by atoms with Crippen LogP contribution in [-0.4, -0.2) is 15.1 Å². The lowest BCUT2D eigenvalue weighted by Crippen LogP contribution is -2.06. The minimum Gasteiger partial charge on any atom is -0.493 e. The summed E-state index contributed by atoms with van der Waals surface area (Å²) in [6.07, 6.45) is 0. The molecule has 0 aliphatic carbocycles. The van der Waals surface area contributed by atoms with Gasteiger partial charge in [-0.2, -0.15) is 4.98 Å². The van der Waals surface area contributed by atoms with Crippen LogP contribution in [0.15, 0.2) is 33.5 Å². The lowest BCUT2D eigenvalue weighted by Gasteiger charge is -2.04. The monoisotopic (exact) mass is 300 g/mol. The molecule has 0 radical (unpaired) electrons. The third kappa shape index (κ3) is 2.25. The summed E-state index contributed by atoms with van der Waals surface area (Å²) in [4.78, 5) is 17.5. The number of nitrogens with zero attached hydrogens (tertiary/aromatic N) is 1. The lowest BCUT2D eigenvalue weighted by molar-refractivity contribution is 0.452. The minimum atomic E-state index is -0.413. The zero-order chi connectivity index (χ0) is 11.7. The maximum absolute atomic E-state index is 11.2. The van der Waals surface area contributed by atoms with Crippen molar-refractivity contribution in [1.29, 1.82) is 0 Å². The van der Waals surface area contributed by atoms with Crippen LogP contribution in [0.2, 0.25) is 5.02 Å². The maximum atomic E-state index is 11.2. The van der Waals surface area contributed by atoms with E-state index in [4.69, 9.17) is 11.6 Å². The highest BCUT2D eigenvalue weighted by Crippen LogP contribution is 2.28. The van der Waals surface area contributed by atoms with Crippen LogP contribution < -0.4 is 5.56 Å². The normalized spacial score (nSPS) is 10.4. The first-order valence-corrected chi connectivity index (χ1v) is 5.49. The van der Waals surface area contributed by atoms with Crippen molar-refractivity contribution in [3.8, 4) is 17.3 Å². The summed E-state index contributed by atoms with van der Waals surface area (Å²) in [5.74, 6) is -0.0332. The second-order valence-corrected chi connectivity index (χ2v) is 4.37. The Morgan fingerprint density at radius 1 is 1.38 bits per heavy atom. The van der Waals surface area contributed by atoms with Crippen molar-refractivity contribution in [2.75, 3.05) is 0 Å². The Labute approximate surface area is 104 Å². The third-order valence-corrected chi connectivity index (χ3v) is 2.81. The highest BCUT2D eigenvalue weighted by Gasteiger charge is 2.07. The highest BCUT2D eigenvalue weighted by molar-refractivity contribution is 9.10. The average molecular weight is 302 g/mol. The molecule has 0 fully saturated rings. The van der Waals surface area contributed by atoms with Gasteiger partial charge < -0.3 is 10.1 Å². The van der Waals surface area contributed by atoms with E-state index in [0.717, 1.165) is 6.07 Å². The molecule has 0 aliphatic heterocycles. The van der Waals surface area contributed by atoms with Crippen LogP contribution in [0.25, 0.3) is 11.4 Å². The Kier molecular flexibility index (Phi) is 2.98. The minimum absolute atomic E-state index is 0.286. The fraction of sp³-hybridized carbons (Fsp3) is 0. The van der Waals surface area contributed by atoms with Crippen LogP contribution >= 0.6 is 27.5 Å². The number of aromatic amines is 1. The van der Waals surface area contributed by atoms with E-state index in [1.807, 2.05) is 0 Å². The molecule has 0 saturated carbocycles. The first-order valence-electron chi connectivity index (χ1n) is 4.32. The Morgan fingerprint density at radius 2 is 2.12 bits per heavy atom. The van der Waals surface area contributed by atoms with E-state index in [1.165, 1.54) is 0 Å². The average Bonchev–Trinajstić information content (AvgIpc) is 2.15. The molecule has 2 rings (SSSR count). The van der Waals surface area contributed by atoms with E-state index in [9.17, 15) is 9.90 Å². The maximum Gasteiger partial charge on any atom is 0.254 e. The number of aromatic nitrogens is 2. The van der Waals surface area contributed by atoms with Gasteiger partial charge in [-0.05, 0) is 34.1 Å². The number of nitrogens with one attached hydrogen (secondary N) is 1. The Hall–Kier alpha value is -1.33. The van der Waals surface area contributed by atoms with E-state index in [0.29, 0.717) is 15.1 Å². The summed E-state index contributed by atoms with van der Waals surface area (Å²) in [5.41, 5.74) is 0.238. The van der Waals surface area contributed by atoms with Gasteiger partial charge >= 0.3 is 0 Å². The number of halogens is 2. The summed E-state index contributed by atoms with van der Waals surface area (Å²) in [6.45, 7) is 0. The molecule has 16 heavy (non-hydrogen) atoms. The van der Waals surface area contributed by atoms with Gasteiger partial charge in [-0.15, -0.1) is 0 Å². The number of rotatable bonds is 1. The van der Waals surface area contributed by atoms with Crippen molar-refractivity contribution in [3.63, 3.8) is 0 Å². The van der Waals surface area contributed by atoms with Crippen molar-refractivity contribution in [1.82, 2.24) is 9.97 Å². The number of hydrogen-bond donors (Lipinski definition) is 2. The standard InChI is InChI=1S/C10H6BrClN2O2/c11-7-3-5(12)1-2-6(7)10-13-8(15)4-9(16)14-10/h1-4H,(H2,13,14,15,16). The van der Waals surface area contributed by atoms with E-state index in [-0.39, 0.29) is 11.7 Å². The highest BCUT2D eigenvalue weighted by atomic mass is 79.9. The second-order valence-electron chi connectivity index (χ2n) is 3.08. The number of aromatic hydroxyl groups is 1. The molecule has 0 aliphatic rings. The van der Waals surface area contributed by atoms with Gasteiger partial charge in [-0.25, -0.2) is 0 Å². The van der Waals surface area contributed by atoms with Crippen molar-refractivity contribution in [2.24, 2.45) is 0 Å². The fourth-order valence-corrected chi connectivity index (χ4v) is 2.12. The molecule has 1 heterocycles. The molecule has 1 aromatic heterocycles. The van der Waals surface area contributed by atoms with Gasteiger partial charge in [0.1, 0.15) is 5.82 Å². The zero-order valence-corrected chi connectivity index (χ0v) is 10.2. The summed E-state index contributed by atoms with van der Waals surface area (Å²) in [5, 5.41) is 9.80. The fourth-order valence-electron chi connectivity index (χ4n) is 1.25. The van der Waals surface area contributed by atoms with Gasteiger partial charge in [0, 0.05) is 15.1 Å². The molecule has 0 amide bonds. The van der Waals surface area contributed by atoms with Crippen molar-refractivity contribution < 1.29 is 5.11 Å². The summed E-state index contributed by atoms with van der Waals surface area (Å²) < 4.78 is 0.689. The largest absolute Gasteiger partial charge is 0.493 e. The first-order chi connectivity index (χ1) is 7.56. The molecular formula is C10H6BrClN2O2. The molecule has 0 spiro atoms. The number of benzene rings is 1. The Morgan fingerprint density at radius 3 is 2.75 bits per heavy atom. The quantitative estimate of drug-likeness (QED) is 0.850. The van der Waals surface area contributed by atoms with E-state index in [1.54, 1.807) is 18.2 Å². The first kappa shape index (κ1) is 11.2. The smallest absolute Gasteiger partial charge is 0.254 e. The van der Waals surface area contributed by atoms with Crippen LogP contribution in [0.4, 0.5) is 0 Å². The molecule has 1 aromatic carbocycles. The van der Waals surface area contributed by atoms with Gasteiger partial charge in [0.25, 0.3) is 5.56 Å². The Balaban J connectivity index is 2.63. The summed E-state index contributed by atoms with van der Waals surface area (Å²) in [6, 6.07) is 6.06. The van der Waals surface area contributed by atoms with Crippen molar-refractivity contribution in [3.05, 3.63) is 44.1 Å². The van der Waals surface area contributed by atoms with Gasteiger partial charge in [-0.1, -0.05) is 11.6 Å².